The molecule has 1 aliphatic rings. The zero-order chi connectivity index (χ0) is 10.1. The highest BCUT2D eigenvalue weighted by Gasteiger charge is 2.41. The second-order valence-corrected chi connectivity index (χ2v) is 4.05. The Morgan fingerprint density at radius 1 is 1.64 bits per heavy atom. The molecule has 0 radical (unpaired) electrons. The summed E-state index contributed by atoms with van der Waals surface area (Å²) in [5.41, 5.74) is 0. The molecule has 0 spiro atoms. The molecule has 1 aromatic rings. The molecule has 1 aromatic heterocycles. The molecule has 4 nitrogen and oxygen atoms in total. The summed E-state index contributed by atoms with van der Waals surface area (Å²) in [6.45, 7) is 0. The molecule has 2 heterocycles. The van der Waals surface area contributed by atoms with Crippen LogP contribution in [0.1, 0.15) is 17.4 Å². The van der Waals surface area contributed by atoms with Gasteiger partial charge >= 0.3 is 11.9 Å². The summed E-state index contributed by atoms with van der Waals surface area (Å²) in [5, 5.41) is 10.7. The van der Waals surface area contributed by atoms with Crippen LogP contribution in [0.25, 0.3) is 0 Å². The molecule has 0 unspecified atom stereocenters. The minimum Gasteiger partial charge on any atom is -0.481 e. The molecule has 1 aliphatic heterocycles. The normalized spacial score (nSPS) is 26.1. The summed E-state index contributed by atoms with van der Waals surface area (Å²) in [4.78, 5) is 22.6. The van der Waals surface area contributed by atoms with Gasteiger partial charge in [-0.2, -0.15) is 0 Å². The van der Waals surface area contributed by atoms with E-state index in [1.165, 1.54) is 11.3 Å². The lowest BCUT2D eigenvalue weighted by atomic mass is 10.0. The van der Waals surface area contributed by atoms with Crippen molar-refractivity contribution in [1.82, 2.24) is 0 Å². The molecule has 0 saturated carbocycles. The third-order valence-electron chi connectivity index (χ3n) is 2.15. The van der Waals surface area contributed by atoms with Gasteiger partial charge in [0, 0.05) is 4.88 Å². The van der Waals surface area contributed by atoms with E-state index in [9.17, 15) is 9.59 Å². The van der Waals surface area contributed by atoms with Crippen LogP contribution in [0, 0.1) is 5.92 Å². The minimum atomic E-state index is -0.978. The summed E-state index contributed by atoms with van der Waals surface area (Å²) >= 11 is 1.40. The van der Waals surface area contributed by atoms with E-state index in [4.69, 9.17) is 9.84 Å². The molecule has 0 aliphatic carbocycles. The molecule has 14 heavy (non-hydrogen) atoms. The van der Waals surface area contributed by atoms with Crippen molar-refractivity contribution in [2.24, 2.45) is 5.92 Å². The van der Waals surface area contributed by atoms with Crippen molar-refractivity contribution in [3.8, 4) is 0 Å². The van der Waals surface area contributed by atoms with Crippen LogP contribution in [-0.2, 0) is 14.3 Å². The highest BCUT2D eigenvalue weighted by molar-refractivity contribution is 7.10. The Morgan fingerprint density at radius 3 is 3.00 bits per heavy atom. The van der Waals surface area contributed by atoms with Gasteiger partial charge in [0.15, 0.2) is 0 Å². The predicted molar refractivity (Wildman–Crippen MR) is 48.9 cm³/mol. The molecule has 2 atom stereocenters. The van der Waals surface area contributed by atoms with E-state index in [0.717, 1.165) is 4.88 Å². The Balaban J connectivity index is 2.26. The quantitative estimate of drug-likeness (QED) is 0.753. The van der Waals surface area contributed by atoms with Crippen LogP contribution in [0.4, 0.5) is 0 Å². The van der Waals surface area contributed by atoms with Crippen LogP contribution >= 0.6 is 11.3 Å². The van der Waals surface area contributed by atoms with Gasteiger partial charge in [-0.25, -0.2) is 0 Å². The standard InChI is InChI=1S/C9H8O4S/c10-7-4-5(9(11)12)8(13-7)6-2-1-3-14-6/h1-3,5,8H,4H2,(H,11,12)/t5-,8+/m1/s1. The number of thiophene rings is 1. The van der Waals surface area contributed by atoms with Gasteiger partial charge in [0.2, 0.25) is 0 Å². The van der Waals surface area contributed by atoms with Crippen molar-refractivity contribution in [2.75, 3.05) is 0 Å². The van der Waals surface area contributed by atoms with E-state index >= 15 is 0 Å². The summed E-state index contributed by atoms with van der Waals surface area (Å²) in [5.74, 6) is -2.15. The zero-order valence-corrected chi connectivity index (χ0v) is 7.99. The Hall–Kier alpha value is -1.36. The monoisotopic (exact) mass is 212 g/mol. The molecule has 0 aromatic carbocycles. The maximum atomic E-state index is 11.0. The summed E-state index contributed by atoms with van der Waals surface area (Å²) in [7, 11) is 0. The van der Waals surface area contributed by atoms with E-state index in [-0.39, 0.29) is 6.42 Å². The summed E-state index contributed by atoms with van der Waals surface area (Å²) in [6, 6.07) is 3.59. The van der Waals surface area contributed by atoms with Crippen molar-refractivity contribution >= 4 is 23.3 Å². The van der Waals surface area contributed by atoms with Crippen LogP contribution in [0.15, 0.2) is 17.5 Å². The number of carbonyl (C=O) groups is 2. The Morgan fingerprint density at radius 2 is 2.43 bits per heavy atom. The first-order chi connectivity index (χ1) is 6.68. The number of hydrogen-bond acceptors (Lipinski definition) is 4. The number of aliphatic carboxylic acids is 1. The first kappa shape index (κ1) is 9.21. The Labute approximate surface area is 84.1 Å². The van der Waals surface area contributed by atoms with Gasteiger partial charge in [-0.05, 0) is 11.4 Å². The number of carboxylic acid groups (broad SMARTS) is 1. The number of cyclic esters (lactones) is 1. The van der Waals surface area contributed by atoms with Crippen LogP contribution in [0.5, 0.6) is 0 Å². The van der Waals surface area contributed by atoms with Gasteiger partial charge in [0.1, 0.15) is 12.0 Å². The largest absolute Gasteiger partial charge is 0.481 e. The first-order valence-corrected chi connectivity index (χ1v) is 5.02. The van der Waals surface area contributed by atoms with Gasteiger partial charge in [-0.1, -0.05) is 6.07 Å². The molecule has 5 heteroatoms. The lowest BCUT2D eigenvalue weighted by molar-refractivity contribution is -0.144. The molecule has 74 valence electrons. The molecular weight excluding hydrogens is 204 g/mol. The first-order valence-electron chi connectivity index (χ1n) is 4.14. The fourth-order valence-corrected chi connectivity index (χ4v) is 2.30. The van der Waals surface area contributed by atoms with Gasteiger partial charge in [-0.15, -0.1) is 11.3 Å². The number of carboxylic acids is 1. The van der Waals surface area contributed by atoms with E-state index < -0.39 is 24.0 Å². The SMILES string of the molecule is O=C1C[C@@H](C(=O)O)[C@@H](c2cccs2)O1. The number of carbonyl (C=O) groups excluding carboxylic acids is 1. The van der Waals surface area contributed by atoms with Crippen LogP contribution in [-0.4, -0.2) is 17.0 Å². The number of rotatable bonds is 2. The molecular formula is C9H8O4S. The topological polar surface area (TPSA) is 63.6 Å². The third-order valence-corrected chi connectivity index (χ3v) is 3.09. The van der Waals surface area contributed by atoms with Crippen molar-refractivity contribution in [3.63, 3.8) is 0 Å². The Kier molecular flexibility index (Phi) is 2.25. The van der Waals surface area contributed by atoms with Gasteiger partial charge in [-0.3, -0.25) is 9.59 Å². The average Bonchev–Trinajstić information content (AvgIpc) is 2.70. The molecule has 0 amide bonds. The number of ether oxygens (including phenoxy) is 1. The molecule has 1 saturated heterocycles. The van der Waals surface area contributed by atoms with Gasteiger partial charge in [0.05, 0.1) is 6.42 Å². The Bertz CT molecular complexity index is 357. The van der Waals surface area contributed by atoms with Crippen LogP contribution in [0.2, 0.25) is 0 Å². The van der Waals surface area contributed by atoms with Crippen molar-refractivity contribution in [2.45, 2.75) is 12.5 Å². The maximum Gasteiger partial charge on any atom is 0.311 e. The maximum absolute atomic E-state index is 11.0. The average molecular weight is 212 g/mol. The smallest absolute Gasteiger partial charge is 0.311 e. The predicted octanol–water partition coefficient (Wildman–Crippen LogP) is 1.44. The van der Waals surface area contributed by atoms with Crippen molar-refractivity contribution in [1.29, 1.82) is 0 Å². The highest BCUT2D eigenvalue weighted by atomic mass is 32.1. The van der Waals surface area contributed by atoms with E-state index in [2.05, 4.69) is 0 Å². The van der Waals surface area contributed by atoms with E-state index in [0.29, 0.717) is 0 Å². The van der Waals surface area contributed by atoms with Gasteiger partial charge < -0.3 is 9.84 Å². The zero-order valence-electron chi connectivity index (χ0n) is 7.17. The summed E-state index contributed by atoms with van der Waals surface area (Å²) < 4.78 is 4.97. The van der Waals surface area contributed by atoms with E-state index in [1.807, 2.05) is 11.4 Å². The fourth-order valence-electron chi connectivity index (χ4n) is 1.48. The minimum absolute atomic E-state index is 0.0299. The second kappa shape index (κ2) is 3.42. The fraction of sp³-hybridized carbons (Fsp3) is 0.333. The third kappa shape index (κ3) is 1.50. The molecule has 1 fully saturated rings. The lowest BCUT2D eigenvalue weighted by Crippen LogP contribution is -2.16. The van der Waals surface area contributed by atoms with Crippen LogP contribution in [0.3, 0.4) is 0 Å². The molecule has 2 rings (SSSR count). The van der Waals surface area contributed by atoms with Gasteiger partial charge in [0.25, 0.3) is 0 Å². The van der Waals surface area contributed by atoms with E-state index in [1.54, 1.807) is 6.07 Å². The number of hydrogen-bond donors (Lipinski definition) is 1. The summed E-state index contributed by atoms with van der Waals surface area (Å²) in [6.07, 6.45) is -0.627. The van der Waals surface area contributed by atoms with Crippen molar-refractivity contribution in [3.05, 3.63) is 22.4 Å². The number of esters is 1. The molecule has 1 N–H and O–H groups in total. The lowest BCUT2D eigenvalue weighted by Gasteiger charge is -2.11. The second-order valence-electron chi connectivity index (χ2n) is 3.07. The van der Waals surface area contributed by atoms with Crippen molar-refractivity contribution < 1.29 is 19.4 Å². The van der Waals surface area contributed by atoms with Crippen LogP contribution < -0.4 is 0 Å². The molecule has 0 bridgehead atoms. The highest BCUT2D eigenvalue weighted by Crippen LogP contribution is 2.37.